The maximum Gasteiger partial charge on any atom is 0.263 e. The normalized spacial score (nSPS) is 17.7. The molecule has 0 bridgehead atoms. The standard InChI is InChI=1S/C17H20ClN3O2/c1-10-15(11(2)20(4)19-10)9-21-8-13-7-14(18)5-6-16(13)23-12(3)17(21)22/h5-7,12H,8-9H2,1-4H3. The molecule has 1 unspecified atom stereocenters. The second kappa shape index (κ2) is 5.89. The van der Waals surface area contributed by atoms with Crippen LogP contribution in [0.4, 0.5) is 0 Å². The molecule has 1 aromatic heterocycles. The van der Waals surface area contributed by atoms with E-state index in [2.05, 4.69) is 5.10 Å². The predicted molar refractivity (Wildman–Crippen MR) is 88.5 cm³/mol. The van der Waals surface area contributed by atoms with Gasteiger partial charge in [-0.05, 0) is 39.0 Å². The fourth-order valence-corrected chi connectivity index (χ4v) is 3.13. The second-order valence-corrected chi connectivity index (χ2v) is 6.42. The van der Waals surface area contributed by atoms with Crippen molar-refractivity contribution in [2.75, 3.05) is 0 Å². The van der Waals surface area contributed by atoms with Crippen molar-refractivity contribution in [1.29, 1.82) is 0 Å². The molecule has 1 amide bonds. The summed E-state index contributed by atoms with van der Waals surface area (Å²) in [4.78, 5) is 14.5. The quantitative estimate of drug-likeness (QED) is 0.848. The Morgan fingerprint density at radius 3 is 2.78 bits per heavy atom. The van der Waals surface area contributed by atoms with E-state index in [4.69, 9.17) is 16.3 Å². The van der Waals surface area contributed by atoms with Crippen molar-refractivity contribution >= 4 is 17.5 Å². The van der Waals surface area contributed by atoms with E-state index in [0.717, 1.165) is 28.3 Å². The Hall–Kier alpha value is -2.01. The number of nitrogens with zero attached hydrogens (tertiary/aromatic N) is 3. The van der Waals surface area contributed by atoms with Gasteiger partial charge >= 0.3 is 0 Å². The smallest absolute Gasteiger partial charge is 0.263 e. The predicted octanol–water partition coefficient (Wildman–Crippen LogP) is 3.00. The molecule has 122 valence electrons. The molecule has 0 saturated heterocycles. The van der Waals surface area contributed by atoms with Crippen LogP contribution in [0.15, 0.2) is 18.2 Å². The van der Waals surface area contributed by atoms with Gasteiger partial charge in [0.05, 0.1) is 5.69 Å². The highest BCUT2D eigenvalue weighted by atomic mass is 35.5. The van der Waals surface area contributed by atoms with E-state index in [1.165, 1.54) is 0 Å². The van der Waals surface area contributed by atoms with Gasteiger partial charge < -0.3 is 9.64 Å². The number of aromatic nitrogens is 2. The Labute approximate surface area is 140 Å². The van der Waals surface area contributed by atoms with Gasteiger partial charge in [0, 0.05) is 42.0 Å². The molecule has 0 radical (unpaired) electrons. The highest BCUT2D eigenvalue weighted by Gasteiger charge is 2.29. The van der Waals surface area contributed by atoms with E-state index in [9.17, 15) is 4.79 Å². The first-order valence-electron chi connectivity index (χ1n) is 7.59. The van der Waals surface area contributed by atoms with Gasteiger partial charge in [-0.3, -0.25) is 9.48 Å². The highest BCUT2D eigenvalue weighted by Crippen LogP contribution is 2.29. The van der Waals surface area contributed by atoms with E-state index in [1.807, 2.05) is 42.6 Å². The topological polar surface area (TPSA) is 47.4 Å². The molecule has 2 aromatic rings. The molecule has 23 heavy (non-hydrogen) atoms. The molecule has 0 aliphatic carbocycles. The first kappa shape index (κ1) is 15.9. The number of amides is 1. The fourth-order valence-electron chi connectivity index (χ4n) is 2.94. The number of carbonyl (C=O) groups is 1. The Morgan fingerprint density at radius 1 is 1.39 bits per heavy atom. The Morgan fingerprint density at radius 2 is 2.13 bits per heavy atom. The fraction of sp³-hybridized carbons (Fsp3) is 0.412. The first-order valence-corrected chi connectivity index (χ1v) is 7.97. The van der Waals surface area contributed by atoms with Crippen molar-refractivity contribution < 1.29 is 9.53 Å². The lowest BCUT2D eigenvalue weighted by atomic mass is 10.1. The molecule has 1 atom stereocenters. The summed E-state index contributed by atoms with van der Waals surface area (Å²) in [5.74, 6) is 0.692. The molecule has 2 heterocycles. The van der Waals surface area contributed by atoms with Gasteiger partial charge in [-0.1, -0.05) is 11.6 Å². The molecular formula is C17H20ClN3O2. The van der Waals surface area contributed by atoms with Gasteiger partial charge in [0.25, 0.3) is 5.91 Å². The minimum absolute atomic E-state index is 0.0278. The number of hydrogen-bond donors (Lipinski definition) is 0. The highest BCUT2D eigenvalue weighted by molar-refractivity contribution is 6.30. The number of carbonyl (C=O) groups excluding carboxylic acids is 1. The van der Waals surface area contributed by atoms with Crippen molar-refractivity contribution in [3.05, 3.63) is 45.7 Å². The van der Waals surface area contributed by atoms with Crippen LogP contribution in [-0.2, 0) is 24.9 Å². The number of rotatable bonds is 2. The number of benzene rings is 1. The molecule has 0 fully saturated rings. The molecule has 1 aliphatic heterocycles. The number of ether oxygens (including phenoxy) is 1. The maximum absolute atomic E-state index is 12.7. The van der Waals surface area contributed by atoms with Crippen LogP contribution in [0.3, 0.4) is 0 Å². The zero-order valence-corrected chi connectivity index (χ0v) is 14.5. The van der Waals surface area contributed by atoms with E-state index >= 15 is 0 Å². The van der Waals surface area contributed by atoms with E-state index in [-0.39, 0.29) is 5.91 Å². The van der Waals surface area contributed by atoms with Crippen LogP contribution in [0.5, 0.6) is 5.75 Å². The molecule has 0 saturated carbocycles. The second-order valence-electron chi connectivity index (χ2n) is 5.98. The lowest BCUT2D eigenvalue weighted by Gasteiger charge is -2.22. The van der Waals surface area contributed by atoms with Crippen LogP contribution in [0.25, 0.3) is 0 Å². The Balaban J connectivity index is 1.96. The molecular weight excluding hydrogens is 314 g/mol. The van der Waals surface area contributed by atoms with Crippen molar-refractivity contribution in [2.24, 2.45) is 7.05 Å². The van der Waals surface area contributed by atoms with Gasteiger partial charge in [-0.2, -0.15) is 5.10 Å². The van der Waals surface area contributed by atoms with E-state index in [0.29, 0.717) is 18.1 Å². The van der Waals surface area contributed by atoms with E-state index in [1.54, 1.807) is 13.0 Å². The number of aryl methyl sites for hydroxylation is 2. The lowest BCUT2D eigenvalue weighted by molar-refractivity contribution is -0.138. The van der Waals surface area contributed by atoms with Gasteiger partial charge in [0.1, 0.15) is 5.75 Å². The summed E-state index contributed by atoms with van der Waals surface area (Å²) in [5, 5.41) is 5.07. The third kappa shape index (κ3) is 2.93. The molecule has 6 heteroatoms. The third-order valence-electron chi connectivity index (χ3n) is 4.35. The number of hydrogen-bond acceptors (Lipinski definition) is 3. The first-order chi connectivity index (χ1) is 10.9. The van der Waals surface area contributed by atoms with Gasteiger partial charge in [0.2, 0.25) is 0 Å². The summed E-state index contributed by atoms with van der Waals surface area (Å²) < 4.78 is 7.63. The van der Waals surface area contributed by atoms with Crippen molar-refractivity contribution in [2.45, 2.75) is 40.0 Å². The summed E-state index contributed by atoms with van der Waals surface area (Å²) in [6.07, 6.45) is -0.519. The monoisotopic (exact) mass is 333 g/mol. The molecule has 1 aliphatic rings. The summed E-state index contributed by atoms with van der Waals surface area (Å²) in [6, 6.07) is 5.46. The Bertz CT molecular complexity index is 769. The van der Waals surface area contributed by atoms with Gasteiger partial charge in [0.15, 0.2) is 6.10 Å². The minimum Gasteiger partial charge on any atom is -0.481 e. The average molecular weight is 334 g/mol. The van der Waals surface area contributed by atoms with Crippen LogP contribution < -0.4 is 4.74 Å². The molecule has 0 N–H and O–H groups in total. The molecule has 3 rings (SSSR count). The van der Waals surface area contributed by atoms with Crippen LogP contribution in [0, 0.1) is 13.8 Å². The minimum atomic E-state index is -0.519. The van der Waals surface area contributed by atoms with Crippen LogP contribution in [-0.4, -0.2) is 26.7 Å². The SMILES string of the molecule is Cc1nn(C)c(C)c1CN1Cc2cc(Cl)ccc2OC(C)C1=O. The number of fused-ring (bicyclic) bond motifs is 1. The zero-order valence-electron chi connectivity index (χ0n) is 13.8. The zero-order chi connectivity index (χ0) is 16.7. The van der Waals surface area contributed by atoms with Crippen LogP contribution in [0.2, 0.25) is 5.02 Å². The number of halogens is 1. The average Bonchev–Trinajstić information content (AvgIpc) is 2.67. The summed E-state index contributed by atoms with van der Waals surface area (Å²) in [5.41, 5.74) is 4.02. The van der Waals surface area contributed by atoms with Crippen molar-refractivity contribution in [3.8, 4) is 5.75 Å². The summed E-state index contributed by atoms with van der Waals surface area (Å²) >= 11 is 6.09. The maximum atomic E-state index is 12.7. The van der Waals surface area contributed by atoms with Crippen LogP contribution >= 0.6 is 11.6 Å². The third-order valence-corrected chi connectivity index (χ3v) is 4.59. The largest absolute Gasteiger partial charge is 0.481 e. The van der Waals surface area contributed by atoms with Gasteiger partial charge in [-0.15, -0.1) is 0 Å². The molecule has 5 nitrogen and oxygen atoms in total. The van der Waals surface area contributed by atoms with Crippen molar-refractivity contribution in [3.63, 3.8) is 0 Å². The van der Waals surface area contributed by atoms with Crippen LogP contribution in [0.1, 0.15) is 29.4 Å². The van der Waals surface area contributed by atoms with Gasteiger partial charge in [-0.25, -0.2) is 0 Å². The Kier molecular flexibility index (Phi) is 4.06. The molecule has 0 spiro atoms. The lowest BCUT2D eigenvalue weighted by Crippen LogP contribution is -2.37. The van der Waals surface area contributed by atoms with E-state index < -0.39 is 6.10 Å². The summed E-state index contributed by atoms with van der Waals surface area (Å²) in [7, 11) is 1.91. The summed E-state index contributed by atoms with van der Waals surface area (Å²) in [6.45, 7) is 6.76. The van der Waals surface area contributed by atoms with Crippen molar-refractivity contribution in [1.82, 2.24) is 14.7 Å². The molecule has 1 aromatic carbocycles.